The van der Waals surface area contributed by atoms with Crippen LogP contribution in [0, 0.1) is 11.6 Å². The molecule has 0 saturated heterocycles. The summed E-state index contributed by atoms with van der Waals surface area (Å²) in [6, 6.07) is 3.28. The molecule has 0 amide bonds. The van der Waals surface area contributed by atoms with E-state index in [1.54, 1.807) is 0 Å². The van der Waals surface area contributed by atoms with Gasteiger partial charge in [0.2, 0.25) is 5.28 Å². The summed E-state index contributed by atoms with van der Waals surface area (Å²) in [7, 11) is 1.16. The maximum atomic E-state index is 13.6. The number of halogens is 3. The molecule has 0 spiro atoms. The molecule has 4 nitrogen and oxygen atoms in total. The smallest absolute Gasteiger partial charge is 0.337 e. The quantitative estimate of drug-likeness (QED) is 0.628. The Bertz CT molecular complexity index is 650. The van der Waals surface area contributed by atoms with Crippen LogP contribution in [-0.2, 0) is 4.74 Å². The van der Waals surface area contributed by atoms with E-state index in [2.05, 4.69) is 14.7 Å². The van der Waals surface area contributed by atoms with Crippen LogP contribution in [0.4, 0.5) is 8.78 Å². The third-order valence-corrected chi connectivity index (χ3v) is 2.49. The highest BCUT2D eigenvalue weighted by molar-refractivity contribution is 6.28. The molecular weight excluding hydrogens is 278 g/mol. The highest BCUT2D eigenvalue weighted by Crippen LogP contribution is 2.24. The molecule has 0 bridgehead atoms. The van der Waals surface area contributed by atoms with E-state index in [9.17, 15) is 13.6 Å². The van der Waals surface area contributed by atoms with E-state index in [0.717, 1.165) is 25.4 Å². The Morgan fingerprint density at radius 3 is 2.74 bits per heavy atom. The van der Waals surface area contributed by atoms with E-state index in [1.807, 2.05) is 0 Å². The summed E-state index contributed by atoms with van der Waals surface area (Å²) in [5.74, 6) is -2.22. The number of aromatic nitrogens is 2. The van der Waals surface area contributed by atoms with Crippen molar-refractivity contribution in [3.63, 3.8) is 0 Å². The first kappa shape index (κ1) is 13.4. The molecule has 1 aromatic heterocycles. The monoisotopic (exact) mass is 284 g/mol. The van der Waals surface area contributed by atoms with E-state index in [0.29, 0.717) is 0 Å². The van der Waals surface area contributed by atoms with Crippen molar-refractivity contribution in [2.24, 2.45) is 0 Å². The zero-order valence-corrected chi connectivity index (χ0v) is 10.4. The molecule has 0 aliphatic rings. The van der Waals surface area contributed by atoms with Gasteiger partial charge in [-0.15, -0.1) is 0 Å². The molecule has 7 heteroatoms. The van der Waals surface area contributed by atoms with E-state index < -0.39 is 17.6 Å². The molecule has 0 atom stereocenters. The Balaban J connectivity index is 2.59. The molecule has 1 heterocycles. The van der Waals surface area contributed by atoms with Gasteiger partial charge in [0.05, 0.1) is 18.9 Å². The van der Waals surface area contributed by atoms with Gasteiger partial charge in [0, 0.05) is 5.56 Å². The van der Waals surface area contributed by atoms with Gasteiger partial charge in [-0.25, -0.2) is 23.5 Å². The van der Waals surface area contributed by atoms with Crippen molar-refractivity contribution in [2.75, 3.05) is 7.11 Å². The maximum absolute atomic E-state index is 13.6. The molecule has 1 aromatic carbocycles. The lowest BCUT2D eigenvalue weighted by atomic mass is 10.1. The molecule has 0 unspecified atom stereocenters. The van der Waals surface area contributed by atoms with Crippen molar-refractivity contribution < 1.29 is 18.3 Å². The van der Waals surface area contributed by atoms with E-state index in [1.165, 1.54) is 6.07 Å². The lowest BCUT2D eigenvalue weighted by Crippen LogP contribution is -2.03. The second kappa shape index (κ2) is 5.27. The molecule has 19 heavy (non-hydrogen) atoms. The van der Waals surface area contributed by atoms with Crippen LogP contribution < -0.4 is 0 Å². The van der Waals surface area contributed by atoms with Crippen molar-refractivity contribution in [3.8, 4) is 11.3 Å². The standard InChI is InChI=1S/C12H7ClF2N2O2/c1-19-11(18)7-2-6(3-8(14)4-7)10-9(15)5-16-12(13)17-10/h2-5H,1H3. The first-order chi connectivity index (χ1) is 9.01. The largest absolute Gasteiger partial charge is 0.465 e. The molecule has 0 aliphatic heterocycles. The van der Waals surface area contributed by atoms with Crippen LogP contribution in [0.25, 0.3) is 11.3 Å². The number of carbonyl (C=O) groups excluding carboxylic acids is 1. The van der Waals surface area contributed by atoms with Crippen molar-refractivity contribution >= 4 is 17.6 Å². The first-order valence-corrected chi connectivity index (χ1v) is 5.46. The average Bonchev–Trinajstić information content (AvgIpc) is 2.39. The molecular formula is C12H7ClF2N2O2. The molecule has 98 valence electrons. The second-order valence-corrected chi connectivity index (χ2v) is 3.89. The van der Waals surface area contributed by atoms with Gasteiger partial charge < -0.3 is 4.74 Å². The van der Waals surface area contributed by atoms with Crippen molar-refractivity contribution in [1.29, 1.82) is 0 Å². The predicted octanol–water partition coefficient (Wildman–Crippen LogP) is 2.86. The highest BCUT2D eigenvalue weighted by Gasteiger charge is 2.14. The first-order valence-electron chi connectivity index (χ1n) is 5.08. The fraction of sp³-hybridized carbons (Fsp3) is 0.0833. The summed E-state index contributed by atoms with van der Waals surface area (Å²) in [6.45, 7) is 0. The van der Waals surface area contributed by atoms with Crippen molar-refractivity contribution in [3.05, 3.63) is 46.9 Å². The number of methoxy groups -OCH3 is 1. The summed E-state index contributed by atoms with van der Waals surface area (Å²) < 4.78 is 31.5. The fourth-order valence-electron chi connectivity index (χ4n) is 1.51. The Morgan fingerprint density at radius 1 is 1.32 bits per heavy atom. The van der Waals surface area contributed by atoms with Crippen LogP contribution in [0.15, 0.2) is 24.4 Å². The number of ether oxygens (including phenoxy) is 1. The number of rotatable bonds is 2. The SMILES string of the molecule is COC(=O)c1cc(F)cc(-c2nc(Cl)ncc2F)c1. The van der Waals surface area contributed by atoms with Crippen molar-refractivity contribution in [2.45, 2.75) is 0 Å². The zero-order chi connectivity index (χ0) is 14.0. The molecule has 0 radical (unpaired) electrons. The average molecular weight is 285 g/mol. The third kappa shape index (κ3) is 2.85. The summed E-state index contributed by atoms with van der Waals surface area (Å²) in [4.78, 5) is 18.5. The van der Waals surface area contributed by atoms with Crippen LogP contribution in [0.2, 0.25) is 5.28 Å². The lowest BCUT2D eigenvalue weighted by Gasteiger charge is -2.05. The minimum Gasteiger partial charge on any atom is -0.465 e. The minimum absolute atomic E-state index is 0.0494. The fourth-order valence-corrected chi connectivity index (χ4v) is 1.64. The summed E-state index contributed by atoms with van der Waals surface area (Å²) in [6.07, 6.45) is 0.868. The Kier molecular flexibility index (Phi) is 3.71. The number of hydrogen-bond donors (Lipinski definition) is 0. The normalized spacial score (nSPS) is 10.3. The molecule has 0 saturated carbocycles. The minimum atomic E-state index is -0.772. The number of esters is 1. The zero-order valence-electron chi connectivity index (χ0n) is 9.65. The summed E-state index contributed by atoms with van der Waals surface area (Å²) in [5, 5.41) is -0.180. The van der Waals surface area contributed by atoms with Crippen LogP contribution in [0.3, 0.4) is 0 Å². The summed E-state index contributed by atoms with van der Waals surface area (Å²) >= 11 is 5.56. The van der Waals surface area contributed by atoms with Gasteiger partial charge in [-0.3, -0.25) is 0 Å². The van der Waals surface area contributed by atoms with Gasteiger partial charge in [-0.2, -0.15) is 0 Å². The lowest BCUT2D eigenvalue weighted by molar-refractivity contribution is 0.0600. The van der Waals surface area contributed by atoms with Gasteiger partial charge in [-0.05, 0) is 29.8 Å². The van der Waals surface area contributed by atoms with Gasteiger partial charge in [0.25, 0.3) is 0 Å². The van der Waals surface area contributed by atoms with Gasteiger partial charge in [0.1, 0.15) is 11.5 Å². The van der Waals surface area contributed by atoms with Gasteiger partial charge in [-0.1, -0.05) is 0 Å². The molecule has 0 N–H and O–H groups in total. The topological polar surface area (TPSA) is 52.1 Å². The number of nitrogens with zero attached hydrogens (tertiary/aromatic N) is 2. The van der Waals surface area contributed by atoms with E-state index in [4.69, 9.17) is 11.6 Å². The van der Waals surface area contributed by atoms with Crippen LogP contribution in [-0.4, -0.2) is 23.0 Å². The van der Waals surface area contributed by atoms with Crippen molar-refractivity contribution in [1.82, 2.24) is 9.97 Å². The number of hydrogen-bond acceptors (Lipinski definition) is 4. The highest BCUT2D eigenvalue weighted by atomic mass is 35.5. The predicted molar refractivity (Wildman–Crippen MR) is 63.7 cm³/mol. The Labute approximate surface area is 112 Å². The van der Waals surface area contributed by atoms with Crippen LogP contribution in [0.5, 0.6) is 0 Å². The Morgan fingerprint density at radius 2 is 2.05 bits per heavy atom. The van der Waals surface area contributed by atoms with E-state index in [-0.39, 0.29) is 22.1 Å². The number of benzene rings is 1. The maximum Gasteiger partial charge on any atom is 0.337 e. The van der Waals surface area contributed by atoms with Crippen LogP contribution in [0.1, 0.15) is 10.4 Å². The van der Waals surface area contributed by atoms with Crippen LogP contribution >= 0.6 is 11.6 Å². The molecule has 0 fully saturated rings. The Hall–Kier alpha value is -2.08. The van der Waals surface area contributed by atoms with E-state index >= 15 is 0 Å². The molecule has 0 aliphatic carbocycles. The number of carbonyl (C=O) groups is 1. The molecule has 2 rings (SSSR count). The second-order valence-electron chi connectivity index (χ2n) is 3.56. The summed E-state index contributed by atoms with van der Waals surface area (Å²) in [5.41, 5.74) is -0.168. The third-order valence-electron chi connectivity index (χ3n) is 2.31. The van der Waals surface area contributed by atoms with Gasteiger partial charge >= 0.3 is 5.97 Å². The van der Waals surface area contributed by atoms with Gasteiger partial charge in [0.15, 0.2) is 5.82 Å². The molecule has 2 aromatic rings.